The van der Waals surface area contributed by atoms with E-state index in [1.807, 2.05) is 6.07 Å². The molecule has 2 rings (SSSR count). The maximum absolute atomic E-state index is 11.4. The zero-order valence-electron chi connectivity index (χ0n) is 13.0. The number of carboxylic acids is 1. The standard InChI is InChI=1S/C18H27NO2/c1-12(2)16-10-15(17(11-19)18(20)21)9-14(16)8-13-6-4-3-5-7-13/h3-7,12,14-17H,8-11,19H2,1-2H3,(H,20,21). The SMILES string of the molecule is CC(C)C1CC(C(CN)C(=O)O)CC1Cc1ccccc1. The molecule has 0 saturated heterocycles. The van der Waals surface area contributed by atoms with E-state index in [9.17, 15) is 9.90 Å². The molecule has 116 valence electrons. The van der Waals surface area contributed by atoms with Gasteiger partial charge in [0.2, 0.25) is 0 Å². The summed E-state index contributed by atoms with van der Waals surface area (Å²) in [7, 11) is 0. The van der Waals surface area contributed by atoms with Crippen molar-refractivity contribution in [1.29, 1.82) is 0 Å². The summed E-state index contributed by atoms with van der Waals surface area (Å²) >= 11 is 0. The molecule has 4 unspecified atom stereocenters. The van der Waals surface area contributed by atoms with Crippen LogP contribution in [0.5, 0.6) is 0 Å². The molecule has 1 aliphatic carbocycles. The summed E-state index contributed by atoms with van der Waals surface area (Å²) < 4.78 is 0. The molecule has 1 fully saturated rings. The van der Waals surface area contributed by atoms with Gasteiger partial charge in [0, 0.05) is 6.54 Å². The highest BCUT2D eigenvalue weighted by molar-refractivity contribution is 5.70. The number of nitrogens with two attached hydrogens (primary N) is 1. The number of rotatable bonds is 6. The van der Waals surface area contributed by atoms with Crippen LogP contribution in [0, 0.1) is 29.6 Å². The lowest BCUT2D eigenvalue weighted by Gasteiger charge is -2.23. The molecule has 21 heavy (non-hydrogen) atoms. The van der Waals surface area contributed by atoms with Gasteiger partial charge in [-0.25, -0.2) is 0 Å². The second-order valence-electron chi connectivity index (χ2n) is 6.77. The number of carbonyl (C=O) groups is 1. The van der Waals surface area contributed by atoms with E-state index in [-0.39, 0.29) is 18.4 Å². The van der Waals surface area contributed by atoms with E-state index in [4.69, 9.17) is 5.73 Å². The van der Waals surface area contributed by atoms with E-state index >= 15 is 0 Å². The van der Waals surface area contributed by atoms with Gasteiger partial charge in [-0.15, -0.1) is 0 Å². The first-order valence-corrected chi connectivity index (χ1v) is 7.99. The van der Waals surface area contributed by atoms with Gasteiger partial charge in [0.05, 0.1) is 5.92 Å². The van der Waals surface area contributed by atoms with Crippen molar-refractivity contribution in [2.45, 2.75) is 33.1 Å². The van der Waals surface area contributed by atoms with Crippen LogP contribution in [-0.4, -0.2) is 17.6 Å². The largest absolute Gasteiger partial charge is 0.481 e. The van der Waals surface area contributed by atoms with Crippen molar-refractivity contribution in [3.63, 3.8) is 0 Å². The first-order valence-electron chi connectivity index (χ1n) is 7.99. The second kappa shape index (κ2) is 7.08. The third-order valence-electron chi connectivity index (χ3n) is 5.12. The number of carboxylic acid groups (broad SMARTS) is 1. The number of aliphatic carboxylic acids is 1. The summed E-state index contributed by atoms with van der Waals surface area (Å²) in [4.78, 5) is 11.4. The molecule has 1 saturated carbocycles. The zero-order chi connectivity index (χ0) is 15.4. The van der Waals surface area contributed by atoms with E-state index in [1.54, 1.807) is 0 Å². The second-order valence-corrected chi connectivity index (χ2v) is 6.77. The molecular weight excluding hydrogens is 262 g/mol. The molecule has 1 aromatic rings. The van der Waals surface area contributed by atoms with Crippen LogP contribution >= 0.6 is 0 Å². The van der Waals surface area contributed by atoms with Crippen molar-refractivity contribution < 1.29 is 9.90 Å². The minimum absolute atomic E-state index is 0.230. The Morgan fingerprint density at radius 2 is 1.95 bits per heavy atom. The van der Waals surface area contributed by atoms with Gasteiger partial charge >= 0.3 is 5.97 Å². The molecule has 3 heteroatoms. The first kappa shape index (κ1) is 16.0. The van der Waals surface area contributed by atoms with Crippen molar-refractivity contribution in [2.75, 3.05) is 6.54 Å². The Labute approximate surface area is 127 Å². The van der Waals surface area contributed by atoms with Crippen molar-refractivity contribution in [1.82, 2.24) is 0 Å². The molecule has 0 radical (unpaired) electrons. The predicted molar refractivity (Wildman–Crippen MR) is 84.9 cm³/mol. The molecule has 0 spiro atoms. The Morgan fingerprint density at radius 3 is 2.48 bits per heavy atom. The minimum atomic E-state index is -0.731. The highest BCUT2D eigenvalue weighted by Gasteiger charge is 2.40. The molecule has 0 aliphatic heterocycles. The molecule has 0 heterocycles. The Bertz CT molecular complexity index is 458. The number of hydrogen-bond donors (Lipinski definition) is 2. The van der Waals surface area contributed by atoms with Gasteiger partial charge in [0.15, 0.2) is 0 Å². The Balaban J connectivity index is 2.10. The van der Waals surface area contributed by atoms with Crippen LogP contribution in [0.25, 0.3) is 0 Å². The third kappa shape index (κ3) is 3.85. The van der Waals surface area contributed by atoms with Crippen molar-refractivity contribution >= 4 is 5.97 Å². The Hall–Kier alpha value is -1.35. The van der Waals surface area contributed by atoms with Crippen LogP contribution in [0.3, 0.4) is 0 Å². The maximum Gasteiger partial charge on any atom is 0.308 e. The van der Waals surface area contributed by atoms with Gasteiger partial charge in [-0.2, -0.15) is 0 Å². The highest BCUT2D eigenvalue weighted by atomic mass is 16.4. The average molecular weight is 289 g/mol. The van der Waals surface area contributed by atoms with Gasteiger partial charge in [-0.3, -0.25) is 4.79 Å². The Kier molecular flexibility index (Phi) is 5.40. The third-order valence-corrected chi connectivity index (χ3v) is 5.12. The highest BCUT2D eigenvalue weighted by Crippen LogP contribution is 2.45. The summed E-state index contributed by atoms with van der Waals surface area (Å²) in [5, 5.41) is 9.35. The number of hydrogen-bond acceptors (Lipinski definition) is 2. The predicted octanol–water partition coefficient (Wildman–Crippen LogP) is 3.19. The van der Waals surface area contributed by atoms with E-state index < -0.39 is 5.97 Å². The van der Waals surface area contributed by atoms with Gasteiger partial charge < -0.3 is 10.8 Å². The first-order chi connectivity index (χ1) is 10.0. The van der Waals surface area contributed by atoms with Crippen LogP contribution in [0.1, 0.15) is 32.3 Å². The fourth-order valence-electron chi connectivity index (χ4n) is 3.99. The fourth-order valence-corrected chi connectivity index (χ4v) is 3.99. The lowest BCUT2D eigenvalue weighted by atomic mass is 9.82. The monoisotopic (exact) mass is 289 g/mol. The van der Waals surface area contributed by atoms with Crippen LogP contribution in [0.4, 0.5) is 0 Å². The summed E-state index contributed by atoms with van der Waals surface area (Å²) in [6.07, 6.45) is 3.05. The zero-order valence-corrected chi connectivity index (χ0v) is 13.0. The van der Waals surface area contributed by atoms with Gasteiger partial charge in [-0.05, 0) is 48.5 Å². The summed E-state index contributed by atoms with van der Waals surface area (Å²) in [6.45, 7) is 4.76. The quantitative estimate of drug-likeness (QED) is 0.845. The van der Waals surface area contributed by atoms with Gasteiger partial charge in [0.1, 0.15) is 0 Å². The topological polar surface area (TPSA) is 63.3 Å². The molecule has 1 aliphatic rings. The fraction of sp³-hybridized carbons (Fsp3) is 0.611. The summed E-state index contributed by atoms with van der Waals surface area (Å²) in [5.41, 5.74) is 7.05. The average Bonchev–Trinajstić information content (AvgIpc) is 2.84. The molecular formula is C18H27NO2. The summed E-state index contributed by atoms with van der Waals surface area (Å²) in [5.74, 6) is 0.886. The Morgan fingerprint density at radius 1 is 1.29 bits per heavy atom. The molecule has 0 aromatic heterocycles. The molecule has 0 bridgehead atoms. The molecule has 3 nitrogen and oxygen atoms in total. The van der Waals surface area contributed by atoms with Crippen LogP contribution in [-0.2, 0) is 11.2 Å². The van der Waals surface area contributed by atoms with E-state index in [0.29, 0.717) is 17.8 Å². The lowest BCUT2D eigenvalue weighted by Crippen LogP contribution is -2.29. The van der Waals surface area contributed by atoms with Crippen molar-refractivity contribution in [3.8, 4) is 0 Å². The van der Waals surface area contributed by atoms with Crippen molar-refractivity contribution in [2.24, 2.45) is 35.3 Å². The van der Waals surface area contributed by atoms with Gasteiger partial charge in [0.25, 0.3) is 0 Å². The van der Waals surface area contributed by atoms with E-state index in [2.05, 4.69) is 38.1 Å². The van der Waals surface area contributed by atoms with Crippen molar-refractivity contribution in [3.05, 3.63) is 35.9 Å². The maximum atomic E-state index is 11.4. The molecule has 4 atom stereocenters. The minimum Gasteiger partial charge on any atom is -0.481 e. The molecule has 0 amide bonds. The summed E-state index contributed by atoms with van der Waals surface area (Å²) in [6, 6.07) is 10.5. The molecule has 3 N–H and O–H groups in total. The van der Waals surface area contributed by atoms with E-state index in [1.165, 1.54) is 5.56 Å². The van der Waals surface area contributed by atoms with Crippen LogP contribution < -0.4 is 5.73 Å². The van der Waals surface area contributed by atoms with Crippen LogP contribution in [0.15, 0.2) is 30.3 Å². The van der Waals surface area contributed by atoms with Gasteiger partial charge in [-0.1, -0.05) is 44.2 Å². The smallest absolute Gasteiger partial charge is 0.308 e. The lowest BCUT2D eigenvalue weighted by molar-refractivity contribution is -0.143. The normalized spacial score (nSPS) is 27.0. The molecule has 1 aromatic carbocycles. The van der Waals surface area contributed by atoms with Crippen LogP contribution in [0.2, 0.25) is 0 Å². The number of benzene rings is 1. The van der Waals surface area contributed by atoms with E-state index in [0.717, 1.165) is 19.3 Å².